The monoisotopic (exact) mass is 542 g/mol. The van der Waals surface area contributed by atoms with Gasteiger partial charge in [-0.05, 0) is 42.8 Å². The van der Waals surface area contributed by atoms with E-state index >= 15 is 0 Å². The number of nitrogens with zero attached hydrogens (tertiary/aromatic N) is 2. The van der Waals surface area contributed by atoms with Gasteiger partial charge in [0, 0.05) is 30.9 Å². The number of aliphatic hydroxyl groups is 1. The first-order valence-electron chi connectivity index (χ1n) is 10.1. The van der Waals surface area contributed by atoms with Crippen LogP contribution in [0.15, 0.2) is 46.8 Å². The molecule has 1 aromatic heterocycles. The standard InChI is InChI=1S/C22H30N4O2S.HI/c1-3-23-21(25-16-22(2,28)19-6-5-13-29-19)24-14-17-8-10-18(11-9-17)15-26-12-4-7-20(26)27;/h5-6,8-11,13,28H,3-4,7,12,14-16H2,1-2H3,(H2,23,24,25);1H. The Labute approximate surface area is 199 Å². The molecule has 3 N–H and O–H groups in total. The van der Waals surface area contributed by atoms with Crippen molar-refractivity contribution < 1.29 is 9.90 Å². The number of hydrogen-bond donors (Lipinski definition) is 3. The Balaban J connectivity index is 0.00000320. The fraction of sp³-hybridized carbons (Fsp3) is 0.455. The van der Waals surface area contributed by atoms with Gasteiger partial charge in [-0.2, -0.15) is 0 Å². The Kier molecular flexibility index (Phi) is 9.57. The Morgan fingerprint density at radius 1 is 1.23 bits per heavy atom. The van der Waals surface area contributed by atoms with E-state index in [4.69, 9.17) is 0 Å². The van der Waals surface area contributed by atoms with Gasteiger partial charge in [0.05, 0.1) is 13.1 Å². The molecule has 8 heteroatoms. The van der Waals surface area contributed by atoms with Crippen LogP contribution in [0.25, 0.3) is 0 Å². The van der Waals surface area contributed by atoms with Gasteiger partial charge in [0.2, 0.25) is 5.91 Å². The van der Waals surface area contributed by atoms with Crippen LogP contribution in [0.1, 0.15) is 42.7 Å². The summed E-state index contributed by atoms with van der Waals surface area (Å²) in [5, 5.41) is 19.1. The molecule has 0 bridgehead atoms. The summed E-state index contributed by atoms with van der Waals surface area (Å²) >= 11 is 1.54. The molecule has 164 valence electrons. The average Bonchev–Trinajstić information content (AvgIpc) is 3.38. The highest BCUT2D eigenvalue weighted by atomic mass is 127. The van der Waals surface area contributed by atoms with E-state index in [9.17, 15) is 9.90 Å². The Morgan fingerprint density at radius 2 is 1.97 bits per heavy atom. The zero-order valence-electron chi connectivity index (χ0n) is 17.6. The van der Waals surface area contributed by atoms with E-state index in [-0.39, 0.29) is 29.9 Å². The molecule has 1 saturated heterocycles. The first-order valence-corrected chi connectivity index (χ1v) is 11.0. The maximum atomic E-state index is 11.8. The molecule has 1 aromatic carbocycles. The molecule has 1 aliphatic rings. The van der Waals surface area contributed by atoms with Crippen LogP contribution in [0, 0.1) is 0 Å². The van der Waals surface area contributed by atoms with Crippen molar-refractivity contribution in [2.75, 3.05) is 19.6 Å². The van der Waals surface area contributed by atoms with Crippen LogP contribution in [0.2, 0.25) is 0 Å². The number of likely N-dealkylation sites (tertiary alicyclic amines) is 1. The van der Waals surface area contributed by atoms with Crippen LogP contribution >= 0.6 is 35.3 Å². The van der Waals surface area contributed by atoms with Crippen LogP contribution in [0.4, 0.5) is 0 Å². The second kappa shape index (κ2) is 11.7. The predicted molar refractivity (Wildman–Crippen MR) is 133 cm³/mol. The van der Waals surface area contributed by atoms with E-state index in [0.29, 0.717) is 32.0 Å². The van der Waals surface area contributed by atoms with Gasteiger partial charge in [0.1, 0.15) is 5.60 Å². The molecule has 0 aliphatic carbocycles. The van der Waals surface area contributed by atoms with Crippen LogP contribution < -0.4 is 10.6 Å². The minimum atomic E-state index is -0.945. The molecule has 1 amide bonds. The lowest BCUT2D eigenvalue weighted by Crippen LogP contribution is -2.44. The lowest BCUT2D eigenvalue weighted by atomic mass is 10.1. The smallest absolute Gasteiger partial charge is 0.222 e. The molecular weight excluding hydrogens is 511 g/mol. The number of nitrogens with one attached hydrogen (secondary N) is 2. The van der Waals surface area contributed by atoms with Crippen molar-refractivity contribution in [2.24, 2.45) is 4.99 Å². The molecule has 0 spiro atoms. The van der Waals surface area contributed by atoms with Crippen LogP contribution in [0.3, 0.4) is 0 Å². The highest BCUT2D eigenvalue weighted by molar-refractivity contribution is 14.0. The number of carbonyl (C=O) groups excluding carboxylic acids is 1. The first-order chi connectivity index (χ1) is 14.0. The van der Waals surface area contributed by atoms with E-state index in [1.165, 1.54) is 0 Å². The van der Waals surface area contributed by atoms with E-state index in [1.54, 1.807) is 18.3 Å². The molecule has 6 nitrogen and oxygen atoms in total. The molecule has 0 saturated carbocycles. The van der Waals surface area contributed by atoms with E-state index < -0.39 is 5.60 Å². The molecular formula is C22H31IN4O2S. The SMILES string of the molecule is CCNC(=NCc1ccc(CN2CCCC2=O)cc1)NCC(C)(O)c1cccs1.I. The number of amides is 1. The summed E-state index contributed by atoms with van der Waals surface area (Å²) < 4.78 is 0. The molecule has 1 aliphatic heterocycles. The molecule has 0 radical (unpaired) electrons. The minimum Gasteiger partial charge on any atom is -0.383 e. The van der Waals surface area contributed by atoms with Crippen molar-refractivity contribution in [3.05, 3.63) is 57.8 Å². The van der Waals surface area contributed by atoms with Gasteiger partial charge in [0.15, 0.2) is 5.96 Å². The fourth-order valence-corrected chi connectivity index (χ4v) is 4.07. The summed E-state index contributed by atoms with van der Waals surface area (Å²) in [6.07, 6.45) is 1.64. The predicted octanol–water partition coefficient (Wildman–Crippen LogP) is 3.45. The van der Waals surface area contributed by atoms with Gasteiger partial charge in [-0.3, -0.25) is 4.79 Å². The fourth-order valence-electron chi connectivity index (χ4n) is 3.28. The number of guanidine groups is 1. The zero-order valence-corrected chi connectivity index (χ0v) is 20.7. The Bertz CT molecular complexity index is 822. The Morgan fingerprint density at radius 3 is 2.57 bits per heavy atom. The molecule has 30 heavy (non-hydrogen) atoms. The zero-order chi connectivity index (χ0) is 20.7. The van der Waals surface area contributed by atoms with Crippen molar-refractivity contribution in [1.29, 1.82) is 0 Å². The molecule has 3 rings (SSSR count). The number of hydrogen-bond acceptors (Lipinski definition) is 4. The van der Waals surface area contributed by atoms with Crippen molar-refractivity contribution in [1.82, 2.24) is 15.5 Å². The third-order valence-electron chi connectivity index (χ3n) is 4.98. The topological polar surface area (TPSA) is 77.0 Å². The number of benzene rings is 1. The van der Waals surface area contributed by atoms with Crippen molar-refractivity contribution >= 4 is 47.2 Å². The van der Waals surface area contributed by atoms with Gasteiger partial charge >= 0.3 is 0 Å². The largest absolute Gasteiger partial charge is 0.383 e. The number of halogens is 1. The maximum absolute atomic E-state index is 11.8. The van der Waals surface area contributed by atoms with E-state index in [1.807, 2.05) is 29.3 Å². The Hall–Kier alpha value is -1.65. The van der Waals surface area contributed by atoms with E-state index in [0.717, 1.165) is 35.5 Å². The van der Waals surface area contributed by atoms with Gasteiger partial charge in [-0.25, -0.2) is 4.99 Å². The highest BCUT2D eigenvalue weighted by Gasteiger charge is 2.24. The highest BCUT2D eigenvalue weighted by Crippen LogP contribution is 2.24. The average molecular weight is 542 g/mol. The summed E-state index contributed by atoms with van der Waals surface area (Å²) in [7, 11) is 0. The summed E-state index contributed by atoms with van der Waals surface area (Å²) in [5.41, 5.74) is 1.30. The molecule has 2 heterocycles. The number of thiophene rings is 1. The van der Waals surface area contributed by atoms with E-state index in [2.05, 4.69) is 39.9 Å². The summed E-state index contributed by atoms with van der Waals surface area (Å²) in [4.78, 5) is 19.2. The molecule has 1 unspecified atom stereocenters. The van der Waals surface area contributed by atoms with Crippen molar-refractivity contribution in [3.63, 3.8) is 0 Å². The third-order valence-corrected chi connectivity index (χ3v) is 6.11. The summed E-state index contributed by atoms with van der Waals surface area (Å²) in [6, 6.07) is 12.1. The minimum absolute atomic E-state index is 0. The van der Waals surface area contributed by atoms with Crippen LogP contribution in [-0.4, -0.2) is 41.5 Å². The second-order valence-corrected chi connectivity index (χ2v) is 8.48. The van der Waals surface area contributed by atoms with Gasteiger partial charge in [0.25, 0.3) is 0 Å². The molecule has 2 aromatic rings. The molecule has 1 fully saturated rings. The second-order valence-electron chi connectivity index (χ2n) is 7.54. The van der Waals surface area contributed by atoms with Crippen molar-refractivity contribution in [2.45, 2.75) is 45.4 Å². The molecule has 1 atom stereocenters. The van der Waals surface area contributed by atoms with Gasteiger partial charge in [-0.15, -0.1) is 35.3 Å². The van der Waals surface area contributed by atoms with Crippen molar-refractivity contribution in [3.8, 4) is 0 Å². The lowest BCUT2D eigenvalue weighted by Gasteiger charge is -2.23. The quantitative estimate of drug-likeness (QED) is 0.272. The normalized spacial score (nSPS) is 16.2. The number of aliphatic imine (C=N–C) groups is 1. The maximum Gasteiger partial charge on any atom is 0.222 e. The number of rotatable bonds is 8. The summed E-state index contributed by atoms with van der Waals surface area (Å²) in [5.74, 6) is 0.925. The van der Waals surface area contributed by atoms with Crippen LogP contribution in [-0.2, 0) is 23.5 Å². The number of carbonyl (C=O) groups is 1. The summed E-state index contributed by atoms with van der Waals surface area (Å²) in [6.45, 7) is 7.03. The van der Waals surface area contributed by atoms with Gasteiger partial charge in [-0.1, -0.05) is 30.3 Å². The first kappa shape index (κ1) is 24.6. The van der Waals surface area contributed by atoms with Gasteiger partial charge < -0.3 is 20.6 Å². The lowest BCUT2D eigenvalue weighted by molar-refractivity contribution is -0.128. The van der Waals surface area contributed by atoms with Crippen LogP contribution in [0.5, 0.6) is 0 Å². The third kappa shape index (κ3) is 6.95.